The second-order valence-corrected chi connectivity index (χ2v) is 5.78. The third kappa shape index (κ3) is 3.84. The van der Waals surface area contributed by atoms with Gasteiger partial charge in [-0.1, -0.05) is 37.3 Å². The van der Waals surface area contributed by atoms with Gasteiger partial charge < -0.3 is 0 Å². The minimum Gasteiger partial charge on any atom is -0.212 e. The molecule has 1 aromatic rings. The highest BCUT2D eigenvalue weighted by atomic mass is 32.2. The predicted octanol–water partition coefficient (Wildman–Crippen LogP) is 1.75. The number of rotatable bonds is 5. The van der Waals surface area contributed by atoms with Crippen LogP contribution in [0.25, 0.3) is 0 Å². The fourth-order valence-corrected chi connectivity index (χ4v) is 2.62. The van der Waals surface area contributed by atoms with Gasteiger partial charge in [-0.3, -0.25) is 0 Å². The fourth-order valence-electron chi connectivity index (χ4n) is 1.58. The molecule has 0 heterocycles. The maximum atomic E-state index is 11.7. The lowest BCUT2D eigenvalue weighted by molar-refractivity contribution is 0.357. The van der Waals surface area contributed by atoms with Crippen molar-refractivity contribution in [3.8, 4) is 6.07 Å². The summed E-state index contributed by atoms with van der Waals surface area (Å²) < 4.78 is 24.6. The lowest BCUT2D eigenvalue weighted by Gasteiger charge is -2.23. The van der Waals surface area contributed by atoms with Crippen LogP contribution in [0.1, 0.15) is 18.9 Å². The summed E-state index contributed by atoms with van der Waals surface area (Å²) in [6.07, 6.45) is 1.62. The van der Waals surface area contributed by atoms with Gasteiger partial charge in [0.25, 0.3) is 0 Å². The average Bonchev–Trinajstić information content (AvgIpc) is 2.29. The lowest BCUT2D eigenvalue weighted by atomic mass is 10.2. The van der Waals surface area contributed by atoms with Gasteiger partial charge >= 0.3 is 0 Å². The molecular formula is C12H16N2O2S. The van der Waals surface area contributed by atoms with Crippen LogP contribution in [0.5, 0.6) is 0 Å². The molecule has 17 heavy (non-hydrogen) atoms. The van der Waals surface area contributed by atoms with E-state index < -0.39 is 16.1 Å². The first-order valence-corrected chi connectivity index (χ1v) is 7.24. The number of nitriles is 1. The van der Waals surface area contributed by atoms with Gasteiger partial charge in [0, 0.05) is 6.54 Å². The molecule has 0 radical (unpaired) electrons. The fraction of sp³-hybridized carbons (Fsp3) is 0.417. The quantitative estimate of drug-likeness (QED) is 0.802. The van der Waals surface area contributed by atoms with Crippen LogP contribution in [0, 0.1) is 11.3 Å². The van der Waals surface area contributed by atoms with Gasteiger partial charge in [-0.15, -0.1) is 0 Å². The van der Waals surface area contributed by atoms with Gasteiger partial charge in [0.2, 0.25) is 10.0 Å². The smallest absolute Gasteiger partial charge is 0.212 e. The van der Waals surface area contributed by atoms with Gasteiger partial charge in [0.05, 0.1) is 12.3 Å². The highest BCUT2D eigenvalue weighted by Crippen LogP contribution is 2.14. The van der Waals surface area contributed by atoms with Crippen molar-refractivity contribution in [1.82, 2.24) is 4.31 Å². The molecule has 0 aliphatic heterocycles. The Bertz CT molecular complexity index is 491. The first-order valence-electron chi connectivity index (χ1n) is 5.39. The van der Waals surface area contributed by atoms with Crippen molar-refractivity contribution < 1.29 is 8.42 Å². The van der Waals surface area contributed by atoms with E-state index in [-0.39, 0.29) is 6.54 Å². The Labute approximate surface area is 103 Å². The molecule has 0 saturated heterocycles. The van der Waals surface area contributed by atoms with Crippen molar-refractivity contribution in [1.29, 1.82) is 5.26 Å². The average molecular weight is 252 g/mol. The summed E-state index contributed by atoms with van der Waals surface area (Å²) in [5.74, 6) is 0. The Hall–Kier alpha value is -1.38. The zero-order valence-electron chi connectivity index (χ0n) is 10.00. The maximum absolute atomic E-state index is 11.7. The summed E-state index contributed by atoms with van der Waals surface area (Å²) >= 11 is 0. The SMILES string of the molecule is CCC(C#N)N(Cc1ccccc1)S(C)(=O)=O. The van der Waals surface area contributed by atoms with Crippen LogP contribution in [0.3, 0.4) is 0 Å². The lowest BCUT2D eigenvalue weighted by Crippen LogP contribution is -2.37. The Morgan fingerprint density at radius 2 is 1.94 bits per heavy atom. The molecule has 4 nitrogen and oxygen atoms in total. The van der Waals surface area contributed by atoms with E-state index in [4.69, 9.17) is 5.26 Å². The van der Waals surface area contributed by atoms with Gasteiger partial charge in [-0.05, 0) is 12.0 Å². The number of hydrogen-bond donors (Lipinski definition) is 0. The second kappa shape index (κ2) is 5.80. The van der Waals surface area contributed by atoms with Crippen molar-refractivity contribution in [3.05, 3.63) is 35.9 Å². The number of hydrogen-bond acceptors (Lipinski definition) is 3. The van der Waals surface area contributed by atoms with Crippen LogP contribution in [0.2, 0.25) is 0 Å². The molecule has 0 N–H and O–H groups in total. The van der Waals surface area contributed by atoms with E-state index in [2.05, 4.69) is 0 Å². The van der Waals surface area contributed by atoms with E-state index in [1.54, 1.807) is 6.92 Å². The molecule has 1 rings (SSSR count). The minimum absolute atomic E-state index is 0.242. The van der Waals surface area contributed by atoms with Crippen LogP contribution in [0.15, 0.2) is 30.3 Å². The highest BCUT2D eigenvalue weighted by molar-refractivity contribution is 7.88. The Balaban J connectivity index is 2.98. The zero-order chi connectivity index (χ0) is 12.9. The van der Waals surface area contributed by atoms with Crippen LogP contribution >= 0.6 is 0 Å². The molecule has 1 atom stereocenters. The van der Waals surface area contributed by atoms with E-state index in [0.29, 0.717) is 6.42 Å². The number of nitrogens with zero attached hydrogens (tertiary/aromatic N) is 2. The molecule has 5 heteroatoms. The molecule has 92 valence electrons. The van der Waals surface area contributed by atoms with E-state index in [1.165, 1.54) is 4.31 Å². The van der Waals surface area contributed by atoms with Crippen LogP contribution in [-0.2, 0) is 16.6 Å². The van der Waals surface area contributed by atoms with Crippen LogP contribution in [0.4, 0.5) is 0 Å². The first kappa shape index (κ1) is 13.7. The molecule has 0 amide bonds. The molecule has 0 fully saturated rings. The largest absolute Gasteiger partial charge is 0.212 e. The zero-order valence-corrected chi connectivity index (χ0v) is 10.8. The summed E-state index contributed by atoms with van der Waals surface area (Å²) in [7, 11) is -3.38. The molecule has 0 spiro atoms. The van der Waals surface area contributed by atoms with Crippen LogP contribution < -0.4 is 0 Å². The molecular weight excluding hydrogens is 236 g/mol. The number of sulfonamides is 1. The first-order chi connectivity index (χ1) is 7.99. The molecule has 0 bridgehead atoms. The van der Waals surface area contributed by atoms with Crippen molar-refractivity contribution in [3.63, 3.8) is 0 Å². The third-order valence-corrected chi connectivity index (χ3v) is 3.73. The topological polar surface area (TPSA) is 61.2 Å². The van der Waals surface area contributed by atoms with Gasteiger partial charge in [-0.2, -0.15) is 9.57 Å². The van der Waals surface area contributed by atoms with Crippen molar-refractivity contribution in [2.24, 2.45) is 0 Å². The normalized spacial score (nSPS) is 13.3. The van der Waals surface area contributed by atoms with Crippen molar-refractivity contribution in [2.45, 2.75) is 25.9 Å². The summed E-state index contributed by atoms with van der Waals surface area (Å²) in [4.78, 5) is 0. The maximum Gasteiger partial charge on any atom is 0.212 e. The second-order valence-electron chi connectivity index (χ2n) is 3.85. The van der Waals surface area contributed by atoms with Crippen LogP contribution in [-0.4, -0.2) is 25.0 Å². The van der Waals surface area contributed by atoms with Gasteiger partial charge in [0.1, 0.15) is 6.04 Å². The molecule has 0 aromatic heterocycles. The molecule has 0 aliphatic carbocycles. The van der Waals surface area contributed by atoms with Crippen molar-refractivity contribution >= 4 is 10.0 Å². The van der Waals surface area contributed by atoms with E-state index in [0.717, 1.165) is 11.8 Å². The Morgan fingerprint density at radius 3 is 2.35 bits per heavy atom. The van der Waals surface area contributed by atoms with E-state index in [9.17, 15) is 8.42 Å². The van der Waals surface area contributed by atoms with Crippen molar-refractivity contribution in [2.75, 3.05) is 6.26 Å². The van der Waals surface area contributed by atoms with E-state index in [1.807, 2.05) is 36.4 Å². The minimum atomic E-state index is -3.38. The van der Waals surface area contributed by atoms with Gasteiger partial charge in [-0.25, -0.2) is 8.42 Å². The molecule has 0 aliphatic rings. The van der Waals surface area contributed by atoms with Gasteiger partial charge in [0.15, 0.2) is 0 Å². The predicted molar refractivity (Wildman–Crippen MR) is 66.5 cm³/mol. The Kier molecular flexibility index (Phi) is 4.67. The number of benzene rings is 1. The monoisotopic (exact) mass is 252 g/mol. The summed E-state index contributed by atoms with van der Waals surface area (Å²) in [6.45, 7) is 2.04. The molecule has 1 unspecified atom stereocenters. The highest BCUT2D eigenvalue weighted by Gasteiger charge is 2.25. The Morgan fingerprint density at radius 1 is 1.35 bits per heavy atom. The summed E-state index contributed by atoms with van der Waals surface area (Å²) in [5, 5.41) is 8.98. The van der Waals surface area contributed by atoms with E-state index >= 15 is 0 Å². The molecule has 0 saturated carbocycles. The third-order valence-electron chi connectivity index (χ3n) is 2.49. The summed E-state index contributed by atoms with van der Waals surface area (Å²) in [6, 6.07) is 10.7. The standard InChI is InChI=1S/C12H16N2O2S/c1-3-12(9-13)14(17(2,15)16)10-11-7-5-4-6-8-11/h4-8,12H,3,10H2,1-2H3. The molecule has 1 aromatic carbocycles. The summed E-state index contributed by atoms with van der Waals surface area (Å²) in [5.41, 5.74) is 0.881.